The van der Waals surface area contributed by atoms with E-state index >= 15 is 0 Å². The molecule has 0 spiro atoms. The van der Waals surface area contributed by atoms with Gasteiger partial charge in [-0.15, -0.1) is 0 Å². The number of rotatable bonds is 3. The predicted molar refractivity (Wildman–Crippen MR) is 89.5 cm³/mol. The molecule has 0 saturated carbocycles. The first-order valence-corrected chi connectivity index (χ1v) is 7.37. The highest BCUT2D eigenvalue weighted by atomic mass is 15.0. The molecule has 0 aliphatic rings. The molecule has 0 aliphatic carbocycles. The van der Waals surface area contributed by atoms with E-state index in [0.717, 1.165) is 16.8 Å². The Morgan fingerprint density at radius 3 is 2.21 bits per heavy atom. The first-order valence-electron chi connectivity index (χ1n) is 7.37. The van der Waals surface area contributed by atoms with Gasteiger partial charge in [-0.1, -0.05) is 30.3 Å². The van der Waals surface area contributed by atoms with Crippen molar-refractivity contribution >= 4 is 0 Å². The van der Waals surface area contributed by atoms with E-state index in [1.165, 1.54) is 6.33 Å². The van der Waals surface area contributed by atoms with Gasteiger partial charge in [0.15, 0.2) is 11.6 Å². The Kier molecular flexibility index (Phi) is 3.69. The maximum Gasteiger partial charge on any atom is 0.183 e. The summed E-state index contributed by atoms with van der Waals surface area (Å²) in [6.07, 6.45) is 8.29. The fourth-order valence-corrected chi connectivity index (χ4v) is 2.27. The number of aromatic nitrogens is 6. The van der Waals surface area contributed by atoms with E-state index in [4.69, 9.17) is 0 Å². The van der Waals surface area contributed by atoms with Crippen LogP contribution in [-0.4, -0.2) is 29.9 Å². The van der Waals surface area contributed by atoms with Gasteiger partial charge in [-0.2, -0.15) is 0 Å². The summed E-state index contributed by atoms with van der Waals surface area (Å²) in [5.74, 6) is 1.09. The minimum atomic E-state index is 0.488. The van der Waals surface area contributed by atoms with Crippen molar-refractivity contribution in [1.82, 2.24) is 29.9 Å². The molecule has 0 fully saturated rings. The van der Waals surface area contributed by atoms with E-state index in [-0.39, 0.29) is 0 Å². The largest absolute Gasteiger partial charge is 0.264 e. The third-order valence-electron chi connectivity index (χ3n) is 3.42. The first-order chi connectivity index (χ1) is 11.9. The van der Waals surface area contributed by atoms with Crippen molar-refractivity contribution in [3.8, 4) is 34.2 Å². The molecule has 0 radical (unpaired) electrons. The van der Waals surface area contributed by atoms with Crippen LogP contribution in [0.4, 0.5) is 0 Å². The second kappa shape index (κ2) is 6.29. The second-order valence-electron chi connectivity index (χ2n) is 5.03. The van der Waals surface area contributed by atoms with Crippen LogP contribution in [0, 0.1) is 0 Å². The van der Waals surface area contributed by atoms with E-state index in [1.807, 2.05) is 42.5 Å². The maximum atomic E-state index is 4.59. The molecule has 4 aromatic rings. The third kappa shape index (κ3) is 2.85. The highest BCUT2D eigenvalue weighted by Gasteiger charge is 2.09. The molecular formula is C18H12N6. The Morgan fingerprint density at radius 2 is 1.38 bits per heavy atom. The van der Waals surface area contributed by atoms with Gasteiger partial charge in [0.05, 0.1) is 18.1 Å². The highest BCUT2D eigenvalue weighted by molar-refractivity contribution is 5.62. The molecule has 6 heteroatoms. The molecule has 0 bridgehead atoms. The van der Waals surface area contributed by atoms with Gasteiger partial charge < -0.3 is 0 Å². The van der Waals surface area contributed by atoms with Crippen molar-refractivity contribution in [2.75, 3.05) is 0 Å². The van der Waals surface area contributed by atoms with E-state index in [0.29, 0.717) is 17.3 Å². The van der Waals surface area contributed by atoms with Crippen molar-refractivity contribution in [2.45, 2.75) is 0 Å². The van der Waals surface area contributed by atoms with Gasteiger partial charge in [0.25, 0.3) is 0 Å². The molecule has 4 rings (SSSR count). The zero-order chi connectivity index (χ0) is 16.2. The summed E-state index contributed by atoms with van der Waals surface area (Å²) in [5, 5.41) is 0. The molecule has 3 aromatic heterocycles. The van der Waals surface area contributed by atoms with E-state index in [2.05, 4.69) is 29.9 Å². The molecule has 1 aromatic carbocycles. The number of hydrogen-bond acceptors (Lipinski definition) is 6. The Labute approximate surface area is 138 Å². The highest BCUT2D eigenvalue weighted by Crippen LogP contribution is 2.20. The Morgan fingerprint density at radius 1 is 0.583 bits per heavy atom. The van der Waals surface area contributed by atoms with Crippen LogP contribution in [-0.2, 0) is 0 Å². The first kappa shape index (κ1) is 14.1. The van der Waals surface area contributed by atoms with E-state index < -0.39 is 0 Å². The van der Waals surface area contributed by atoms with Crippen molar-refractivity contribution in [1.29, 1.82) is 0 Å². The number of pyridine rings is 1. The lowest BCUT2D eigenvalue weighted by Gasteiger charge is -2.04. The third-order valence-corrected chi connectivity index (χ3v) is 3.42. The average molecular weight is 312 g/mol. The quantitative estimate of drug-likeness (QED) is 0.578. The van der Waals surface area contributed by atoms with Gasteiger partial charge in [0, 0.05) is 23.5 Å². The number of hydrogen-bond donors (Lipinski definition) is 0. The predicted octanol–water partition coefficient (Wildman–Crippen LogP) is 3.06. The van der Waals surface area contributed by atoms with Crippen LogP contribution in [0.25, 0.3) is 34.2 Å². The molecule has 114 valence electrons. The maximum absolute atomic E-state index is 4.59. The zero-order valence-corrected chi connectivity index (χ0v) is 12.6. The van der Waals surface area contributed by atoms with Crippen molar-refractivity contribution < 1.29 is 0 Å². The molecule has 0 atom stereocenters. The van der Waals surface area contributed by atoms with Crippen LogP contribution in [0.15, 0.2) is 73.6 Å². The van der Waals surface area contributed by atoms with Crippen molar-refractivity contribution in [3.05, 3.63) is 73.6 Å². The van der Waals surface area contributed by atoms with Crippen LogP contribution >= 0.6 is 0 Å². The lowest BCUT2D eigenvalue weighted by atomic mass is 10.2. The van der Waals surface area contributed by atoms with Crippen molar-refractivity contribution in [3.63, 3.8) is 0 Å². The summed E-state index contributed by atoms with van der Waals surface area (Å²) in [7, 11) is 0. The second-order valence-corrected chi connectivity index (χ2v) is 5.03. The molecule has 0 aliphatic heterocycles. The molecule has 0 amide bonds. The minimum Gasteiger partial charge on any atom is -0.264 e. The summed E-state index contributed by atoms with van der Waals surface area (Å²) in [4.78, 5) is 25.9. The van der Waals surface area contributed by atoms with Gasteiger partial charge in [-0.25, -0.2) is 19.9 Å². The van der Waals surface area contributed by atoms with Crippen LogP contribution in [0.3, 0.4) is 0 Å². The van der Waals surface area contributed by atoms with Crippen LogP contribution in [0.5, 0.6) is 0 Å². The summed E-state index contributed by atoms with van der Waals surface area (Å²) >= 11 is 0. The summed E-state index contributed by atoms with van der Waals surface area (Å²) in [6.45, 7) is 0. The van der Waals surface area contributed by atoms with Gasteiger partial charge in [-0.05, 0) is 12.1 Å². The molecule has 24 heavy (non-hydrogen) atoms. The fraction of sp³-hybridized carbons (Fsp3) is 0. The van der Waals surface area contributed by atoms with Crippen LogP contribution < -0.4 is 0 Å². The number of nitrogens with zero attached hydrogens (tertiary/aromatic N) is 6. The van der Waals surface area contributed by atoms with Crippen molar-refractivity contribution in [2.24, 2.45) is 0 Å². The summed E-state index contributed by atoms with van der Waals surface area (Å²) in [5.41, 5.74) is 3.14. The van der Waals surface area contributed by atoms with Gasteiger partial charge in [0.1, 0.15) is 12.0 Å². The molecule has 0 unspecified atom stereocenters. The zero-order valence-electron chi connectivity index (χ0n) is 12.6. The fourth-order valence-electron chi connectivity index (χ4n) is 2.27. The molecule has 0 N–H and O–H groups in total. The minimum absolute atomic E-state index is 0.488. The smallest absolute Gasteiger partial charge is 0.183 e. The monoisotopic (exact) mass is 312 g/mol. The lowest BCUT2D eigenvalue weighted by Crippen LogP contribution is -1.98. The molecule has 6 nitrogen and oxygen atoms in total. The van der Waals surface area contributed by atoms with Gasteiger partial charge >= 0.3 is 0 Å². The molecule has 0 saturated heterocycles. The van der Waals surface area contributed by atoms with E-state index in [1.54, 1.807) is 24.8 Å². The lowest BCUT2D eigenvalue weighted by molar-refractivity contribution is 1.04. The summed E-state index contributed by atoms with van der Waals surface area (Å²) in [6, 6.07) is 13.6. The molecule has 3 heterocycles. The van der Waals surface area contributed by atoms with Gasteiger partial charge in [-0.3, -0.25) is 9.97 Å². The Hall–Kier alpha value is -3.54. The standard InChI is InChI=1S/C18H12N6/c1-2-5-13(6-3-1)17-21-12-22-18(24-17)16-11-20-10-15(23-16)14-7-4-8-19-9-14/h1-12H. The average Bonchev–Trinajstić information content (AvgIpc) is 2.70. The van der Waals surface area contributed by atoms with Gasteiger partial charge in [0.2, 0.25) is 0 Å². The van der Waals surface area contributed by atoms with Crippen LogP contribution in [0.2, 0.25) is 0 Å². The SMILES string of the molecule is c1ccc(-c2ncnc(-c3cncc(-c4cccnc4)n3)n2)cc1. The summed E-state index contributed by atoms with van der Waals surface area (Å²) < 4.78 is 0. The number of benzene rings is 1. The Balaban J connectivity index is 1.75. The van der Waals surface area contributed by atoms with E-state index in [9.17, 15) is 0 Å². The normalized spacial score (nSPS) is 10.5. The Bertz CT molecular complexity index is 876. The van der Waals surface area contributed by atoms with Crippen LogP contribution in [0.1, 0.15) is 0 Å². The molecular weight excluding hydrogens is 300 g/mol. The topological polar surface area (TPSA) is 77.3 Å².